The molecule has 0 radical (unpaired) electrons. The fraction of sp³-hybridized carbons (Fsp3) is 0.500. The van der Waals surface area contributed by atoms with Crippen LogP contribution in [0.25, 0.3) is 0 Å². The van der Waals surface area contributed by atoms with Gasteiger partial charge < -0.3 is 4.74 Å². The van der Waals surface area contributed by atoms with Crippen LogP contribution in [0.2, 0.25) is 0 Å². The van der Waals surface area contributed by atoms with Crippen molar-refractivity contribution in [1.82, 2.24) is 0 Å². The molecule has 0 atom stereocenters. The van der Waals surface area contributed by atoms with Gasteiger partial charge in [-0.25, -0.2) is 0 Å². The van der Waals surface area contributed by atoms with Gasteiger partial charge in [0.05, 0.1) is 11.1 Å². The van der Waals surface area contributed by atoms with Crippen LogP contribution >= 0.6 is 11.6 Å². The summed E-state index contributed by atoms with van der Waals surface area (Å²) in [7, 11) is 0. The van der Waals surface area contributed by atoms with E-state index < -0.39 is 0 Å². The largest absolute Gasteiger partial charge is 0.494 e. The Kier molecular flexibility index (Phi) is 4.21. The van der Waals surface area contributed by atoms with Crippen molar-refractivity contribution in [3.8, 4) is 0 Å². The van der Waals surface area contributed by atoms with E-state index in [0.717, 1.165) is 5.76 Å². The van der Waals surface area contributed by atoms with Gasteiger partial charge in [0.15, 0.2) is 0 Å². The Hall–Kier alpha value is -0.430. The summed E-state index contributed by atoms with van der Waals surface area (Å²) in [6, 6.07) is 0. The lowest BCUT2D eigenvalue weighted by atomic mass is 10.4. The molecule has 58 valence electrons. The SMILES string of the molecule is C=CC(Cl)=C(C)OC(C)C. The zero-order chi connectivity index (χ0) is 8.15. The monoisotopic (exact) mass is 160 g/mol. The molecule has 0 N–H and O–H groups in total. The van der Waals surface area contributed by atoms with Crippen LogP contribution in [0.15, 0.2) is 23.4 Å². The van der Waals surface area contributed by atoms with Crippen LogP contribution in [-0.4, -0.2) is 6.10 Å². The van der Waals surface area contributed by atoms with Crippen LogP contribution < -0.4 is 0 Å². The fourth-order valence-electron chi connectivity index (χ4n) is 0.554. The van der Waals surface area contributed by atoms with Crippen molar-refractivity contribution in [2.45, 2.75) is 26.9 Å². The number of allylic oxidation sites excluding steroid dienone is 3. The Morgan fingerprint density at radius 3 is 2.40 bits per heavy atom. The number of rotatable bonds is 3. The minimum absolute atomic E-state index is 0.175. The lowest BCUT2D eigenvalue weighted by molar-refractivity contribution is 0.148. The van der Waals surface area contributed by atoms with E-state index in [1.54, 1.807) is 6.08 Å². The van der Waals surface area contributed by atoms with Gasteiger partial charge in [-0.2, -0.15) is 0 Å². The van der Waals surface area contributed by atoms with Crippen LogP contribution in [0.3, 0.4) is 0 Å². The molecule has 0 amide bonds. The second-order valence-electron chi connectivity index (χ2n) is 2.27. The van der Waals surface area contributed by atoms with E-state index >= 15 is 0 Å². The van der Waals surface area contributed by atoms with Crippen molar-refractivity contribution >= 4 is 11.6 Å². The average Bonchev–Trinajstić information content (AvgIpc) is 1.85. The smallest absolute Gasteiger partial charge is 0.112 e. The molecule has 2 heteroatoms. The molecule has 0 rings (SSSR count). The maximum atomic E-state index is 5.70. The van der Waals surface area contributed by atoms with Gasteiger partial charge in [0.2, 0.25) is 0 Å². The van der Waals surface area contributed by atoms with E-state index in [4.69, 9.17) is 16.3 Å². The lowest BCUT2D eigenvalue weighted by Gasteiger charge is -2.09. The zero-order valence-electron chi connectivity index (χ0n) is 6.65. The van der Waals surface area contributed by atoms with Crippen LogP contribution in [0.4, 0.5) is 0 Å². The zero-order valence-corrected chi connectivity index (χ0v) is 7.40. The highest BCUT2D eigenvalue weighted by molar-refractivity contribution is 6.31. The molecule has 0 aromatic rings. The molecular weight excluding hydrogens is 148 g/mol. The molecule has 0 spiro atoms. The number of hydrogen-bond donors (Lipinski definition) is 0. The maximum Gasteiger partial charge on any atom is 0.112 e. The van der Waals surface area contributed by atoms with E-state index in [-0.39, 0.29) is 6.10 Å². The van der Waals surface area contributed by atoms with E-state index in [2.05, 4.69) is 6.58 Å². The third-order valence-electron chi connectivity index (χ3n) is 0.928. The maximum absolute atomic E-state index is 5.70. The molecule has 0 aliphatic heterocycles. The Balaban J connectivity index is 4.04. The molecule has 0 aromatic carbocycles. The number of ether oxygens (including phenoxy) is 1. The first kappa shape index (κ1) is 9.57. The molecular formula is C8H13ClO. The third-order valence-corrected chi connectivity index (χ3v) is 1.35. The summed E-state index contributed by atoms with van der Waals surface area (Å²) in [6.45, 7) is 9.25. The lowest BCUT2D eigenvalue weighted by Crippen LogP contribution is -2.00. The molecule has 0 fully saturated rings. The Morgan fingerprint density at radius 2 is 2.10 bits per heavy atom. The molecule has 1 nitrogen and oxygen atoms in total. The van der Waals surface area contributed by atoms with Crippen molar-refractivity contribution < 1.29 is 4.74 Å². The molecule has 10 heavy (non-hydrogen) atoms. The molecule has 0 unspecified atom stereocenters. The van der Waals surface area contributed by atoms with Gasteiger partial charge in [0, 0.05) is 0 Å². The fourth-order valence-corrected chi connectivity index (χ4v) is 0.598. The van der Waals surface area contributed by atoms with Crippen molar-refractivity contribution in [3.05, 3.63) is 23.4 Å². The van der Waals surface area contributed by atoms with Gasteiger partial charge in [-0.15, -0.1) is 0 Å². The van der Waals surface area contributed by atoms with Crippen molar-refractivity contribution in [1.29, 1.82) is 0 Å². The molecule has 0 aliphatic rings. The van der Waals surface area contributed by atoms with E-state index in [1.165, 1.54) is 0 Å². The Bertz CT molecular complexity index is 147. The Labute approximate surface area is 67.3 Å². The van der Waals surface area contributed by atoms with E-state index in [1.807, 2.05) is 20.8 Å². The third kappa shape index (κ3) is 3.57. The van der Waals surface area contributed by atoms with Crippen molar-refractivity contribution in [3.63, 3.8) is 0 Å². The highest BCUT2D eigenvalue weighted by Gasteiger charge is 1.97. The molecule has 0 aromatic heterocycles. The predicted molar refractivity (Wildman–Crippen MR) is 45.0 cm³/mol. The van der Waals surface area contributed by atoms with E-state index in [0.29, 0.717) is 5.03 Å². The topological polar surface area (TPSA) is 9.23 Å². The number of hydrogen-bond acceptors (Lipinski definition) is 1. The summed E-state index contributed by atoms with van der Waals surface area (Å²) < 4.78 is 5.28. The summed E-state index contributed by atoms with van der Waals surface area (Å²) in [5.74, 6) is 0.728. The minimum Gasteiger partial charge on any atom is -0.494 e. The van der Waals surface area contributed by atoms with Crippen LogP contribution in [0.1, 0.15) is 20.8 Å². The standard InChI is InChI=1S/C8H13ClO/c1-5-8(9)7(4)10-6(2)3/h5-6H,1H2,2-4H3. The molecule has 0 aliphatic carbocycles. The molecule has 0 heterocycles. The quantitative estimate of drug-likeness (QED) is 0.456. The van der Waals surface area contributed by atoms with Gasteiger partial charge in [0.25, 0.3) is 0 Å². The van der Waals surface area contributed by atoms with Crippen LogP contribution in [0.5, 0.6) is 0 Å². The second-order valence-corrected chi connectivity index (χ2v) is 2.68. The predicted octanol–water partition coefficient (Wildman–Crippen LogP) is 3.07. The molecule has 0 bridgehead atoms. The second kappa shape index (κ2) is 4.40. The van der Waals surface area contributed by atoms with Crippen LogP contribution in [0, 0.1) is 0 Å². The van der Waals surface area contributed by atoms with Crippen molar-refractivity contribution in [2.75, 3.05) is 0 Å². The highest BCUT2D eigenvalue weighted by Crippen LogP contribution is 2.12. The molecule has 0 saturated heterocycles. The summed E-state index contributed by atoms with van der Waals surface area (Å²) >= 11 is 5.70. The first-order chi connectivity index (χ1) is 4.57. The summed E-state index contributed by atoms with van der Waals surface area (Å²) in [4.78, 5) is 0. The minimum atomic E-state index is 0.175. The summed E-state index contributed by atoms with van der Waals surface area (Å²) in [5, 5.41) is 0.578. The van der Waals surface area contributed by atoms with Gasteiger partial charge in [-0.3, -0.25) is 0 Å². The molecule has 0 saturated carbocycles. The summed E-state index contributed by atoms with van der Waals surface area (Å²) in [5.41, 5.74) is 0. The van der Waals surface area contributed by atoms with Gasteiger partial charge in [0.1, 0.15) is 5.76 Å². The highest BCUT2D eigenvalue weighted by atomic mass is 35.5. The van der Waals surface area contributed by atoms with Gasteiger partial charge in [-0.05, 0) is 26.8 Å². The number of halogens is 1. The van der Waals surface area contributed by atoms with Crippen LogP contribution in [-0.2, 0) is 4.74 Å². The van der Waals surface area contributed by atoms with Crippen molar-refractivity contribution in [2.24, 2.45) is 0 Å². The normalized spacial score (nSPS) is 12.9. The van der Waals surface area contributed by atoms with Gasteiger partial charge in [-0.1, -0.05) is 18.2 Å². The first-order valence-electron chi connectivity index (χ1n) is 3.23. The Morgan fingerprint density at radius 1 is 1.60 bits per heavy atom. The first-order valence-corrected chi connectivity index (χ1v) is 3.61. The van der Waals surface area contributed by atoms with E-state index in [9.17, 15) is 0 Å². The van der Waals surface area contributed by atoms with Gasteiger partial charge >= 0.3 is 0 Å². The average molecular weight is 161 g/mol. The summed E-state index contributed by atoms with van der Waals surface area (Å²) in [6.07, 6.45) is 1.74.